The second kappa shape index (κ2) is 8.06. The lowest BCUT2D eigenvalue weighted by molar-refractivity contribution is 0.199. The van der Waals surface area contributed by atoms with Crippen LogP contribution in [0.3, 0.4) is 0 Å². The van der Waals surface area contributed by atoms with E-state index in [-0.39, 0.29) is 0 Å². The van der Waals surface area contributed by atoms with E-state index in [2.05, 4.69) is 15.4 Å². The van der Waals surface area contributed by atoms with Crippen LogP contribution in [0.4, 0.5) is 0 Å². The molecule has 8 heteroatoms. The minimum Gasteiger partial charge on any atom is -0.383 e. The van der Waals surface area contributed by atoms with E-state index in [1.54, 1.807) is 14.2 Å². The van der Waals surface area contributed by atoms with Crippen LogP contribution in [0.5, 0.6) is 0 Å². The number of thioether (sulfide) groups is 1. The van der Waals surface area contributed by atoms with Gasteiger partial charge in [-0.2, -0.15) is 4.98 Å². The van der Waals surface area contributed by atoms with E-state index in [0.29, 0.717) is 11.8 Å². The summed E-state index contributed by atoms with van der Waals surface area (Å²) in [5, 5.41) is 6.16. The fourth-order valence-electron chi connectivity index (χ4n) is 1.25. The molecule has 1 rings (SSSR count). The predicted molar refractivity (Wildman–Crippen MR) is 70.2 cm³/mol. The Morgan fingerprint density at radius 3 is 2.94 bits per heavy atom. The highest BCUT2D eigenvalue weighted by Gasteiger charge is 2.03. The number of aryl methyl sites for hydroxylation is 1. The first-order valence-corrected chi connectivity index (χ1v) is 6.63. The molecule has 0 aromatic carbocycles. The van der Waals surface area contributed by atoms with Crippen LogP contribution in [0, 0.1) is 0 Å². The Kier molecular flexibility index (Phi) is 6.69. The van der Waals surface area contributed by atoms with E-state index in [1.807, 2.05) is 0 Å². The van der Waals surface area contributed by atoms with Crippen molar-refractivity contribution in [1.29, 1.82) is 0 Å². The molecule has 0 unspecified atom stereocenters. The summed E-state index contributed by atoms with van der Waals surface area (Å²) in [6, 6.07) is 0. The van der Waals surface area contributed by atoms with Crippen molar-refractivity contribution in [1.82, 2.24) is 20.1 Å². The minimum atomic E-state index is -0.742. The number of hydrogen-bond donors (Lipinski definition) is 2. The number of ether oxygens (including phenoxy) is 1. The van der Waals surface area contributed by atoms with Crippen molar-refractivity contribution in [3.05, 3.63) is 20.7 Å². The highest BCUT2D eigenvalue weighted by Crippen LogP contribution is 2.11. The molecular formula is C10H18N4O3S. The van der Waals surface area contributed by atoms with Gasteiger partial charge in [0.25, 0.3) is 0 Å². The Hall–Kier alpha value is -1.12. The van der Waals surface area contributed by atoms with Crippen LogP contribution in [-0.4, -0.2) is 47.3 Å². The molecule has 0 radical (unpaired) electrons. The van der Waals surface area contributed by atoms with Crippen LogP contribution in [0.2, 0.25) is 0 Å². The molecule has 0 aliphatic rings. The number of nitrogens with one attached hydrogen (secondary N) is 2. The number of aromatic amines is 1. The lowest BCUT2D eigenvalue weighted by atomic mass is 10.5. The molecule has 0 spiro atoms. The molecule has 0 saturated carbocycles. The molecule has 0 bridgehead atoms. The molecule has 0 amide bonds. The number of hydrogen-bond acceptors (Lipinski definition) is 6. The fraction of sp³-hybridized carbons (Fsp3) is 0.700. The molecule has 0 saturated heterocycles. The van der Waals surface area contributed by atoms with Crippen LogP contribution in [0.15, 0.2) is 14.7 Å². The quantitative estimate of drug-likeness (QED) is 0.366. The SMILES string of the molecule is COCCNCCCSc1nc(=O)c(=O)[nH]n1C. The summed E-state index contributed by atoms with van der Waals surface area (Å²) in [5.41, 5.74) is -1.43. The number of aromatic nitrogens is 3. The van der Waals surface area contributed by atoms with Crippen molar-refractivity contribution >= 4 is 11.8 Å². The second-order valence-electron chi connectivity index (χ2n) is 3.64. The minimum absolute atomic E-state index is 0.525. The lowest BCUT2D eigenvalue weighted by Gasteiger charge is -2.06. The summed E-state index contributed by atoms with van der Waals surface area (Å²) in [7, 11) is 3.33. The standard InChI is InChI=1S/C10H18N4O3S/c1-14-10(12-8(15)9(16)13-14)18-7-3-4-11-5-6-17-2/h11H,3-7H2,1-2H3,(H,13,16). The van der Waals surface area contributed by atoms with Crippen molar-refractivity contribution in [2.75, 3.05) is 32.6 Å². The molecule has 102 valence electrons. The van der Waals surface area contributed by atoms with E-state index >= 15 is 0 Å². The van der Waals surface area contributed by atoms with Crippen molar-refractivity contribution < 1.29 is 4.74 Å². The maximum absolute atomic E-state index is 11.1. The first-order chi connectivity index (χ1) is 8.65. The van der Waals surface area contributed by atoms with Crippen LogP contribution in [0.25, 0.3) is 0 Å². The number of methoxy groups -OCH3 is 1. The Balaban J connectivity index is 2.29. The molecule has 1 aromatic rings. The molecule has 2 N–H and O–H groups in total. The topological polar surface area (TPSA) is 89.0 Å². The molecule has 18 heavy (non-hydrogen) atoms. The summed E-state index contributed by atoms with van der Waals surface area (Å²) in [4.78, 5) is 25.8. The summed E-state index contributed by atoms with van der Waals surface area (Å²) in [6.45, 7) is 2.41. The molecular weight excluding hydrogens is 256 g/mol. The molecule has 0 fully saturated rings. The predicted octanol–water partition coefficient (Wildman–Crippen LogP) is -0.813. The van der Waals surface area contributed by atoms with E-state index in [9.17, 15) is 9.59 Å². The van der Waals surface area contributed by atoms with Crippen molar-refractivity contribution in [2.24, 2.45) is 7.05 Å². The van der Waals surface area contributed by atoms with Gasteiger partial charge in [0.05, 0.1) is 6.61 Å². The molecule has 7 nitrogen and oxygen atoms in total. The third kappa shape index (κ3) is 5.03. The van der Waals surface area contributed by atoms with Gasteiger partial charge in [-0.3, -0.25) is 19.4 Å². The maximum atomic E-state index is 11.1. The fourth-order valence-corrected chi connectivity index (χ4v) is 2.11. The summed E-state index contributed by atoms with van der Waals surface area (Å²) >= 11 is 1.44. The lowest BCUT2D eigenvalue weighted by Crippen LogP contribution is -2.33. The Morgan fingerprint density at radius 1 is 1.44 bits per heavy atom. The number of H-pyrrole nitrogens is 1. The van der Waals surface area contributed by atoms with Crippen LogP contribution >= 0.6 is 11.8 Å². The van der Waals surface area contributed by atoms with Gasteiger partial charge in [-0.15, -0.1) is 0 Å². The van der Waals surface area contributed by atoms with Crippen LogP contribution in [0.1, 0.15) is 6.42 Å². The average Bonchev–Trinajstić information content (AvgIpc) is 2.34. The van der Waals surface area contributed by atoms with Gasteiger partial charge in [0.2, 0.25) is 0 Å². The molecule has 1 heterocycles. The zero-order chi connectivity index (χ0) is 13.4. The highest BCUT2D eigenvalue weighted by molar-refractivity contribution is 7.99. The maximum Gasteiger partial charge on any atom is 0.339 e. The number of rotatable bonds is 8. The van der Waals surface area contributed by atoms with Crippen LogP contribution in [-0.2, 0) is 11.8 Å². The van der Waals surface area contributed by atoms with Gasteiger partial charge >= 0.3 is 11.1 Å². The van der Waals surface area contributed by atoms with Crippen LogP contribution < -0.4 is 16.4 Å². The van der Waals surface area contributed by atoms with Crippen molar-refractivity contribution in [3.8, 4) is 0 Å². The molecule has 0 aliphatic carbocycles. The van der Waals surface area contributed by atoms with E-state index in [4.69, 9.17) is 4.74 Å². The summed E-state index contributed by atoms with van der Waals surface area (Å²) < 4.78 is 6.37. The Morgan fingerprint density at radius 2 is 2.22 bits per heavy atom. The van der Waals surface area contributed by atoms with Gasteiger partial charge in [-0.1, -0.05) is 11.8 Å². The first-order valence-electron chi connectivity index (χ1n) is 5.65. The van der Waals surface area contributed by atoms with Crippen molar-refractivity contribution in [3.63, 3.8) is 0 Å². The van der Waals surface area contributed by atoms with E-state index < -0.39 is 11.1 Å². The summed E-state index contributed by atoms with van der Waals surface area (Å²) in [6.07, 6.45) is 0.948. The van der Waals surface area contributed by atoms with E-state index in [1.165, 1.54) is 16.4 Å². The molecule has 1 aromatic heterocycles. The number of nitrogens with zero attached hydrogens (tertiary/aromatic N) is 2. The van der Waals surface area contributed by atoms with Gasteiger partial charge in [0.15, 0.2) is 5.16 Å². The molecule has 0 atom stereocenters. The third-order valence-electron chi connectivity index (χ3n) is 2.16. The van der Waals surface area contributed by atoms with Gasteiger partial charge in [0.1, 0.15) is 0 Å². The normalized spacial score (nSPS) is 10.8. The highest BCUT2D eigenvalue weighted by atomic mass is 32.2. The van der Waals surface area contributed by atoms with Gasteiger partial charge in [-0.05, 0) is 13.0 Å². The zero-order valence-corrected chi connectivity index (χ0v) is 11.4. The molecule has 0 aliphatic heterocycles. The first kappa shape index (κ1) is 14.9. The van der Waals surface area contributed by atoms with Gasteiger partial charge < -0.3 is 10.1 Å². The van der Waals surface area contributed by atoms with E-state index in [0.717, 1.165) is 25.3 Å². The zero-order valence-electron chi connectivity index (χ0n) is 10.6. The second-order valence-corrected chi connectivity index (χ2v) is 4.71. The van der Waals surface area contributed by atoms with Crippen molar-refractivity contribution in [2.45, 2.75) is 11.6 Å². The van der Waals surface area contributed by atoms with Gasteiger partial charge in [-0.25, -0.2) is 0 Å². The largest absolute Gasteiger partial charge is 0.383 e. The van der Waals surface area contributed by atoms with Gasteiger partial charge in [0, 0.05) is 26.5 Å². The monoisotopic (exact) mass is 274 g/mol. The smallest absolute Gasteiger partial charge is 0.339 e. The summed E-state index contributed by atoms with van der Waals surface area (Å²) in [5.74, 6) is 0.826. The average molecular weight is 274 g/mol. The Bertz CT molecular complexity index is 471. The Labute approximate surface area is 109 Å². The third-order valence-corrected chi connectivity index (χ3v) is 3.28.